The van der Waals surface area contributed by atoms with Crippen LogP contribution in [0.3, 0.4) is 0 Å². The summed E-state index contributed by atoms with van der Waals surface area (Å²) < 4.78 is 10.1. The normalized spacial score (nSPS) is 10.4. The summed E-state index contributed by atoms with van der Waals surface area (Å²) in [7, 11) is 0. The van der Waals surface area contributed by atoms with Gasteiger partial charge < -0.3 is 14.8 Å². The van der Waals surface area contributed by atoms with Crippen LogP contribution >= 0.6 is 22.9 Å². The van der Waals surface area contributed by atoms with E-state index in [9.17, 15) is 14.4 Å². The summed E-state index contributed by atoms with van der Waals surface area (Å²) in [5.41, 5.74) is 1.37. The van der Waals surface area contributed by atoms with E-state index < -0.39 is 24.5 Å². The topological polar surface area (TPSA) is 81.7 Å². The van der Waals surface area contributed by atoms with Gasteiger partial charge in [-0.2, -0.15) is 0 Å². The Morgan fingerprint density at radius 1 is 1.11 bits per heavy atom. The predicted octanol–water partition coefficient (Wildman–Crippen LogP) is 4.24. The second-order valence-electron chi connectivity index (χ2n) is 5.52. The molecule has 0 spiro atoms. The van der Waals surface area contributed by atoms with Gasteiger partial charge in [0.1, 0.15) is 5.00 Å². The Kier molecular flexibility index (Phi) is 7.38. The molecule has 0 aliphatic rings. The van der Waals surface area contributed by atoms with Gasteiger partial charge in [0.2, 0.25) is 0 Å². The second-order valence-corrected chi connectivity index (χ2v) is 7.15. The molecule has 0 radical (unpaired) electrons. The van der Waals surface area contributed by atoms with E-state index in [0.29, 0.717) is 17.0 Å². The van der Waals surface area contributed by atoms with Crippen LogP contribution in [0, 0.1) is 6.92 Å². The number of nitrogens with one attached hydrogen (secondary N) is 1. The summed E-state index contributed by atoms with van der Waals surface area (Å²) in [6.07, 6.45) is 0.633. The zero-order valence-electron chi connectivity index (χ0n) is 15.3. The third kappa shape index (κ3) is 5.08. The molecule has 1 amide bonds. The molecule has 0 unspecified atom stereocenters. The van der Waals surface area contributed by atoms with Crippen LogP contribution in [-0.4, -0.2) is 31.1 Å². The van der Waals surface area contributed by atoms with Gasteiger partial charge >= 0.3 is 11.9 Å². The number of hydrogen-bond donors (Lipinski definition) is 1. The Hall–Kier alpha value is -2.38. The first kappa shape index (κ1) is 20.9. The molecule has 0 aliphatic carbocycles. The molecule has 0 aliphatic heterocycles. The van der Waals surface area contributed by atoms with Crippen molar-refractivity contribution in [1.82, 2.24) is 0 Å². The number of aryl methyl sites for hydroxylation is 1. The lowest BCUT2D eigenvalue weighted by atomic mass is 10.1. The van der Waals surface area contributed by atoms with E-state index in [-0.39, 0.29) is 17.2 Å². The molecule has 8 heteroatoms. The summed E-state index contributed by atoms with van der Waals surface area (Å²) in [5.74, 6) is -1.73. The Labute approximate surface area is 166 Å². The molecule has 0 atom stereocenters. The smallest absolute Gasteiger partial charge is 0.341 e. The van der Waals surface area contributed by atoms with Crippen LogP contribution < -0.4 is 5.32 Å². The van der Waals surface area contributed by atoms with Crippen molar-refractivity contribution >= 4 is 45.8 Å². The summed E-state index contributed by atoms with van der Waals surface area (Å²) >= 11 is 7.22. The van der Waals surface area contributed by atoms with E-state index in [1.54, 1.807) is 25.1 Å². The maximum atomic E-state index is 12.3. The monoisotopic (exact) mass is 409 g/mol. The molecule has 2 aromatic rings. The molecule has 6 nitrogen and oxygen atoms in total. The molecule has 0 saturated carbocycles. The SMILES string of the molecule is CCOC(=O)c1c(NC(=O)COC(=O)c2ccccc2Cl)sc(C)c1CC. The number of esters is 2. The van der Waals surface area contributed by atoms with Crippen molar-refractivity contribution in [2.45, 2.75) is 27.2 Å². The van der Waals surface area contributed by atoms with Gasteiger partial charge in [0, 0.05) is 4.88 Å². The fraction of sp³-hybridized carbons (Fsp3) is 0.316. The molecule has 1 aromatic carbocycles. The van der Waals surface area contributed by atoms with Crippen LogP contribution in [0.4, 0.5) is 5.00 Å². The first-order valence-electron chi connectivity index (χ1n) is 8.39. The van der Waals surface area contributed by atoms with Crippen LogP contribution in [0.5, 0.6) is 0 Å². The Bertz CT molecular complexity index is 862. The molecule has 0 saturated heterocycles. The summed E-state index contributed by atoms with van der Waals surface area (Å²) in [4.78, 5) is 37.4. The van der Waals surface area contributed by atoms with Gasteiger partial charge in [-0.3, -0.25) is 4.79 Å². The largest absolute Gasteiger partial charge is 0.462 e. The van der Waals surface area contributed by atoms with Crippen molar-refractivity contribution in [3.05, 3.63) is 50.9 Å². The number of rotatable bonds is 7. The van der Waals surface area contributed by atoms with Crippen molar-refractivity contribution < 1.29 is 23.9 Å². The van der Waals surface area contributed by atoms with Crippen LogP contribution in [0.25, 0.3) is 0 Å². The Morgan fingerprint density at radius 2 is 1.81 bits per heavy atom. The third-order valence-corrected chi connectivity index (χ3v) is 5.12. The maximum Gasteiger partial charge on any atom is 0.341 e. The Balaban J connectivity index is 2.08. The van der Waals surface area contributed by atoms with Gasteiger partial charge in [0.05, 0.1) is 22.8 Å². The minimum Gasteiger partial charge on any atom is -0.462 e. The minimum absolute atomic E-state index is 0.180. The van der Waals surface area contributed by atoms with Gasteiger partial charge in [-0.1, -0.05) is 30.7 Å². The average Bonchev–Trinajstić information content (AvgIpc) is 2.95. The van der Waals surface area contributed by atoms with Gasteiger partial charge in [0.15, 0.2) is 6.61 Å². The highest BCUT2D eigenvalue weighted by Crippen LogP contribution is 2.34. The highest BCUT2D eigenvalue weighted by atomic mass is 35.5. The van der Waals surface area contributed by atoms with E-state index in [2.05, 4.69) is 5.32 Å². The number of ether oxygens (including phenoxy) is 2. The van der Waals surface area contributed by atoms with Crippen molar-refractivity contribution in [3.8, 4) is 0 Å². The van der Waals surface area contributed by atoms with Crippen molar-refractivity contribution in [3.63, 3.8) is 0 Å². The molecule has 144 valence electrons. The van der Waals surface area contributed by atoms with Crippen molar-refractivity contribution in [1.29, 1.82) is 0 Å². The molecule has 1 aromatic heterocycles. The summed E-state index contributed by atoms with van der Waals surface area (Å²) in [6, 6.07) is 6.41. The first-order chi connectivity index (χ1) is 12.9. The van der Waals surface area contributed by atoms with Gasteiger partial charge in [-0.25, -0.2) is 9.59 Å². The Morgan fingerprint density at radius 3 is 2.44 bits per heavy atom. The first-order valence-corrected chi connectivity index (χ1v) is 9.59. The molecular weight excluding hydrogens is 390 g/mol. The predicted molar refractivity (Wildman–Crippen MR) is 105 cm³/mol. The van der Waals surface area contributed by atoms with Crippen LogP contribution in [0.1, 0.15) is 45.0 Å². The summed E-state index contributed by atoms with van der Waals surface area (Å²) in [5, 5.41) is 3.27. The second kappa shape index (κ2) is 9.53. The molecule has 1 heterocycles. The van der Waals surface area contributed by atoms with Gasteiger partial charge in [-0.15, -0.1) is 11.3 Å². The number of carbonyl (C=O) groups excluding carboxylic acids is 3. The lowest BCUT2D eigenvalue weighted by molar-refractivity contribution is -0.119. The maximum absolute atomic E-state index is 12.3. The van der Waals surface area contributed by atoms with E-state index in [0.717, 1.165) is 10.4 Å². The molecular formula is C19H20ClNO5S. The number of hydrogen-bond acceptors (Lipinski definition) is 6. The molecule has 27 heavy (non-hydrogen) atoms. The van der Waals surface area contributed by atoms with Crippen LogP contribution in [0.15, 0.2) is 24.3 Å². The van der Waals surface area contributed by atoms with Crippen LogP contribution in [0.2, 0.25) is 5.02 Å². The number of anilines is 1. The standard InChI is InChI=1S/C19H20ClNO5S/c1-4-12-11(3)27-17(16(12)19(24)25-5-2)21-15(22)10-26-18(23)13-8-6-7-9-14(13)20/h6-9H,4-5,10H2,1-3H3,(H,21,22). The fourth-order valence-electron chi connectivity index (χ4n) is 2.51. The summed E-state index contributed by atoms with van der Waals surface area (Å²) in [6.45, 7) is 5.26. The molecule has 2 rings (SSSR count). The molecule has 1 N–H and O–H groups in total. The third-order valence-electron chi connectivity index (χ3n) is 3.72. The number of amides is 1. The van der Waals surface area contributed by atoms with Crippen molar-refractivity contribution in [2.24, 2.45) is 0 Å². The quantitative estimate of drug-likeness (QED) is 0.691. The van der Waals surface area contributed by atoms with Gasteiger partial charge in [-0.05, 0) is 38.0 Å². The number of benzene rings is 1. The fourth-order valence-corrected chi connectivity index (χ4v) is 3.87. The van der Waals surface area contributed by atoms with Crippen molar-refractivity contribution in [2.75, 3.05) is 18.5 Å². The molecule has 0 bridgehead atoms. The van der Waals surface area contributed by atoms with E-state index in [1.165, 1.54) is 17.4 Å². The van der Waals surface area contributed by atoms with Crippen LogP contribution in [-0.2, 0) is 20.7 Å². The van der Waals surface area contributed by atoms with E-state index >= 15 is 0 Å². The lowest BCUT2D eigenvalue weighted by Crippen LogP contribution is -2.22. The molecule has 0 fully saturated rings. The zero-order chi connectivity index (χ0) is 20.0. The van der Waals surface area contributed by atoms with E-state index in [4.69, 9.17) is 21.1 Å². The highest BCUT2D eigenvalue weighted by molar-refractivity contribution is 7.16. The lowest BCUT2D eigenvalue weighted by Gasteiger charge is -2.09. The minimum atomic E-state index is -0.696. The number of thiophene rings is 1. The highest BCUT2D eigenvalue weighted by Gasteiger charge is 2.24. The number of carbonyl (C=O) groups is 3. The van der Waals surface area contributed by atoms with E-state index in [1.807, 2.05) is 13.8 Å². The van der Waals surface area contributed by atoms with Gasteiger partial charge in [0.25, 0.3) is 5.91 Å². The average molecular weight is 410 g/mol. The zero-order valence-corrected chi connectivity index (χ0v) is 16.8. The number of halogens is 1.